The fourth-order valence-electron chi connectivity index (χ4n) is 2.43. The molecule has 1 aromatic heterocycles. The average molecular weight is 379 g/mol. The van der Waals surface area contributed by atoms with Crippen LogP contribution in [0.1, 0.15) is 5.56 Å². The van der Waals surface area contributed by atoms with Crippen LogP contribution in [0.25, 0.3) is 10.9 Å². The Morgan fingerprint density at radius 2 is 1.96 bits per heavy atom. The molecule has 25 heavy (non-hydrogen) atoms. The van der Waals surface area contributed by atoms with Gasteiger partial charge < -0.3 is 9.84 Å². The number of aryl methyl sites for hydroxylation is 1. The minimum atomic E-state index is -0.868. The summed E-state index contributed by atoms with van der Waals surface area (Å²) in [6.45, 7) is 2.10. The first kappa shape index (κ1) is 17.7. The average Bonchev–Trinajstić information content (AvgIpc) is 2.57. The molecule has 1 unspecified atom stereocenters. The van der Waals surface area contributed by atoms with Gasteiger partial charge in [0.15, 0.2) is 0 Å². The highest BCUT2D eigenvalue weighted by atomic mass is 35.5. The summed E-state index contributed by atoms with van der Waals surface area (Å²) in [5.74, 6) is 0.659. The van der Waals surface area contributed by atoms with E-state index in [1.54, 1.807) is 0 Å². The molecule has 7 heteroatoms. The molecule has 0 bridgehead atoms. The number of nitrogens with zero attached hydrogens (tertiary/aromatic N) is 2. The quantitative estimate of drug-likeness (QED) is 0.738. The SMILES string of the molecule is Cc1ccc(OCC(O)Cn2cnc3c(Cl)cc(Cl)cc3c2=O)cc1. The van der Waals surface area contributed by atoms with Crippen molar-refractivity contribution in [3.05, 3.63) is 68.7 Å². The van der Waals surface area contributed by atoms with Crippen LogP contribution in [0.15, 0.2) is 47.5 Å². The molecule has 0 aliphatic heterocycles. The van der Waals surface area contributed by atoms with E-state index in [1.807, 2.05) is 31.2 Å². The summed E-state index contributed by atoms with van der Waals surface area (Å²) >= 11 is 12.0. The van der Waals surface area contributed by atoms with E-state index in [9.17, 15) is 9.90 Å². The van der Waals surface area contributed by atoms with Gasteiger partial charge >= 0.3 is 0 Å². The molecular formula is C18H16Cl2N2O3. The molecule has 5 nitrogen and oxygen atoms in total. The van der Waals surface area contributed by atoms with Crippen molar-refractivity contribution < 1.29 is 9.84 Å². The maximum absolute atomic E-state index is 12.5. The predicted octanol–water partition coefficient (Wildman–Crippen LogP) is 3.45. The van der Waals surface area contributed by atoms with E-state index >= 15 is 0 Å². The zero-order chi connectivity index (χ0) is 18.0. The monoisotopic (exact) mass is 378 g/mol. The van der Waals surface area contributed by atoms with Crippen LogP contribution in [-0.4, -0.2) is 27.4 Å². The third-order valence-corrected chi connectivity index (χ3v) is 4.22. The number of aliphatic hydroxyl groups excluding tert-OH is 1. The van der Waals surface area contributed by atoms with Gasteiger partial charge in [0, 0.05) is 5.02 Å². The minimum Gasteiger partial charge on any atom is -0.491 e. The summed E-state index contributed by atoms with van der Waals surface area (Å²) in [7, 11) is 0. The van der Waals surface area contributed by atoms with Crippen molar-refractivity contribution in [1.82, 2.24) is 9.55 Å². The number of rotatable bonds is 5. The molecular weight excluding hydrogens is 363 g/mol. The lowest BCUT2D eigenvalue weighted by molar-refractivity contribution is 0.0915. The maximum Gasteiger partial charge on any atom is 0.261 e. The first-order valence-electron chi connectivity index (χ1n) is 7.66. The maximum atomic E-state index is 12.5. The van der Waals surface area contributed by atoms with E-state index in [2.05, 4.69) is 4.98 Å². The van der Waals surface area contributed by atoms with E-state index in [1.165, 1.54) is 23.0 Å². The predicted molar refractivity (Wildman–Crippen MR) is 98.7 cm³/mol. The van der Waals surface area contributed by atoms with Gasteiger partial charge in [-0.2, -0.15) is 0 Å². The number of benzene rings is 2. The molecule has 0 radical (unpaired) electrons. The third-order valence-electron chi connectivity index (χ3n) is 3.72. The Kier molecular flexibility index (Phi) is 5.27. The summed E-state index contributed by atoms with van der Waals surface area (Å²) in [5, 5.41) is 11.1. The molecule has 3 aromatic rings. The van der Waals surface area contributed by atoms with Crippen molar-refractivity contribution in [1.29, 1.82) is 0 Å². The first-order chi connectivity index (χ1) is 11.9. The number of hydrogen-bond donors (Lipinski definition) is 1. The molecule has 3 rings (SSSR count). The highest BCUT2D eigenvalue weighted by molar-refractivity contribution is 6.38. The van der Waals surface area contributed by atoms with Crippen LogP contribution in [0.4, 0.5) is 0 Å². The van der Waals surface area contributed by atoms with Crippen LogP contribution in [0.5, 0.6) is 5.75 Å². The Bertz CT molecular complexity index is 955. The number of aromatic nitrogens is 2. The van der Waals surface area contributed by atoms with Crippen LogP contribution in [0, 0.1) is 6.92 Å². The van der Waals surface area contributed by atoms with Gasteiger partial charge in [0.25, 0.3) is 5.56 Å². The largest absolute Gasteiger partial charge is 0.491 e. The summed E-state index contributed by atoms with van der Waals surface area (Å²) in [6.07, 6.45) is 0.493. The number of ether oxygens (including phenoxy) is 1. The minimum absolute atomic E-state index is 0.0533. The van der Waals surface area contributed by atoms with Gasteiger partial charge in [-0.15, -0.1) is 0 Å². The molecule has 1 heterocycles. The number of aliphatic hydroxyl groups is 1. The van der Waals surface area contributed by atoms with Gasteiger partial charge in [-0.3, -0.25) is 9.36 Å². The van der Waals surface area contributed by atoms with Gasteiger partial charge in [-0.25, -0.2) is 4.98 Å². The number of halogens is 2. The van der Waals surface area contributed by atoms with Crippen LogP contribution in [0.3, 0.4) is 0 Å². The highest BCUT2D eigenvalue weighted by Crippen LogP contribution is 2.24. The zero-order valence-corrected chi connectivity index (χ0v) is 15.0. The fourth-order valence-corrected chi connectivity index (χ4v) is 2.97. The van der Waals surface area contributed by atoms with Crippen LogP contribution in [0.2, 0.25) is 10.0 Å². The van der Waals surface area contributed by atoms with Crippen molar-refractivity contribution in [3.63, 3.8) is 0 Å². The van der Waals surface area contributed by atoms with E-state index in [0.717, 1.165) is 5.56 Å². The smallest absolute Gasteiger partial charge is 0.261 e. The van der Waals surface area contributed by atoms with Gasteiger partial charge in [-0.05, 0) is 31.2 Å². The van der Waals surface area contributed by atoms with Gasteiger partial charge in [0.2, 0.25) is 0 Å². The van der Waals surface area contributed by atoms with Crippen molar-refractivity contribution in [2.24, 2.45) is 0 Å². The second-order valence-corrected chi connectivity index (χ2v) is 6.61. The normalized spacial score (nSPS) is 12.3. The molecule has 1 atom stereocenters. The third kappa shape index (κ3) is 4.12. The molecule has 130 valence electrons. The summed E-state index contributed by atoms with van der Waals surface area (Å²) in [4.78, 5) is 16.7. The Labute approximate surface area is 154 Å². The molecule has 0 saturated carbocycles. The van der Waals surface area contributed by atoms with Crippen molar-refractivity contribution >= 4 is 34.1 Å². The van der Waals surface area contributed by atoms with Crippen molar-refractivity contribution in [2.45, 2.75) is 19.6 Å². The van der Waals surface area contributed by atoms with Crippen LogP contribution in [-0.2, 0) is 6.54 Å². The molecule has 0 aliphatic rings. The second-order valence-electron chi connectivity index (χ2n) is 5.76. The standard InChI is InChI=1S/C18H16Cl2N2O3/c1-11-2-4-14(5-3-11)25-9-13(23)8-22-10-21-17-15(18(22)24)6-12(19)7-16(17)20/h2-7,10,13,23H,8-9H2,1H3. The Morgan fingerprint density at radius 1 is 1.24 bits per heavy atom. The molecule has 0 fully saturated rings. The van der Waals surface area contributed by atoms with E-state index < -0.39 is 6.10 Å². The lowest BCUT2D eigenvalue weighted by atomic mass is 10.2. The van der Waals surface area contributed by atoms with E-state index in [4.69, 9.17) is 27.9 Å². The molecule has 0 spiro atoms. The summed E-state index contributed by atoms with van der Waals surface area (Å²) < 4.78 is 6.85. The molecule has 0 amide bonds. The van der Waals surface area contributed by atoms with E-state index in [0.29, 0.717) is 26.7 Å². The second kappa shape index (κ2) is 7.44. The summed E-state index contributed by atoms with van der Waals surface area (Å²) in [6, 6.07) is 10.6. The number of hydrogen-bond acceptors (Lipinski definition) is 4. The lowest BCUT2D eigenvalue weighted by Gasteiger charge is -2.14. The lowest BCUT2D eigenvalue weighted by Crippen LogP contribution is -2.30. The zero-order valence-electron chi connectivity index (χ0n) is 13.4. The van der Waals surface area contributed by atoms with Gasteiger partial charge in [0.1, 0.15) is 18.5 Å². The Morgan fingerprint density at radius 3 is 2.68 bits per heavy atom. The highest BCUT2D eigenvalue weighted by Gasteiger charge is 2.12. The Hall–Kier alpha value is -2.08. The molecule has 2 aromatic carbocycles. The van der Waals surface area contributed by atoms with Crippen molar-refractivity contribution in [2.75, 3.05) is 6.61 Å². The van der Waals surface area contributed by atoms with Gasteiger partial charge in [0.05, 0.1) is 28.8 Å². The molecule has 0 saturated heterocycles. The van der Waals surface area contributed by atoms with Gasteiger partial charge in [-0.1, -0.05) is 40.9 Å². The van der Waals surface area contributed by atoms with Crippen molar-refractivity contribution in [3.8, 4) is 5.75 Å². The molecule has 1 N–H and O–H groups in total. The van der Waals surface area contributed by atoms with Crippen LogP contribution >= 0.6 is 23.2 Å². The Balaban J connectivity index is 1.74. The number of fused-ring (bicyclic) bond motifs is 1. The topological polar surface area (TPSA) is 64.3 Å². The molecule has 0 aliphatic carbocycles. The van der Waals surface area contributed by atoms with Crippen LogP contribution < -0.4 is 10.3 Å². The van der Waals surface area contributed by atoms with E-state index in [-0.39, 0.29) is 18.7 Å². The fraction of sp³-hybridized carbons (Fsp3) is 0.222. The summed E-state index contributed by atoms with van der Waals surface area (Å²) in [5.41, 5.74) is 1.19. The first-order valence-corrected chi connectivity index (χ1v) is 8.41.